The molecule has 0 saturated heterocycles. The first-order valence-electron chi connectivity index (χ1n) is 6.63. The van der Waals surface area contributed by atoms with Crippen LogP contribution in [0.5, 0.6) is 0 Å². The van der Waals surface area contributed by atoms with Crippen LogP contribution in [-0.4, -0.2) is 20.7 Å². The molecule has 0 radical (unpaired) electrons. The fourth-order valence-electron chi connectivity index (χ4n) is 2.08. The van der Waals surface area contributed by atoms with Gasteiger partial charge in [0, 0.05) is 11.9 Å². The minimum atomic E-state index is -0.135. The summed E-state index contributed by atoms with van der Waals surface area (Å²) in [5.74, 6) is -0.122. The van der Waals surface area contributed by atoms with E-state index in [0.29, 0.717) is 12.1 Å². The van der Waals surface area contributed by atoms with Crippen molar-refractivity contribution < 1.29 is 4.79 Å². The smallest absolute Gasteiger partial charge is 0.255 e. The zero-order valence-electron chi connectivity index (χ0n) is 12.3. The fourth-order valence-corrected chi connectivity index (χ4v) is 2.08. The zero-order valence-corrected chi connectivity index (χ0v) is 12.3. The van der Waals surface area contributed by atoms with Gasteiger partial charge in [-0.15, -0.1) is 0 Å². The lowest BCUT2D eigenvalue weighted by atomic mass is 10.1. The standard InChI is InChI=1S/C15H20N4O/c1-11-13(10-18-19(11)15(2,3)4)14(20)17-9-12-7-5-6-8-16-12/h5-8,10H,9H2,1-4H3,(H,17,20). The van der Waals surface area contributed by atoms with Crippen LogP contribution < -0.4 is 5.32 Å². The van der Waals surface area contributed by atoms with E-state index < -0.39 is 0 Å². The van der Waals surface area contributed by atoms with Crippen LogP contribution in [0, 0.1) is 6.92 Å². The zero-order chi connectivity index (χ0) is 14.8. The normalized spacial score (nSPS) is 11.4. The van der Waals surface area contributed by atoms with E-state index in [4.69, 9.17) is 0 Å². The topological polar surface area (TPSA) is 59.8 Å². The number of pyridine rings is 1. The molecule has 2 aromatic rings. The van der Waals surface area contributed by atoms with Crippen molar-refractivity contribution in [3.8, 4) is 0 Å². The molecule has 2 aromatic heterocycles. The number of rotatable bonds is 3. The molecule has 2 rings (SSSR count). The Morgan fingerprint density at radius 1 is 1.35 bits per heavy atom. The van der Waals surface area contributed by atoms with Crippen LogP contribution >= 0.6 is 0 Å². The summed E-state index contributed by atoms with van der Waals surface area (Å²) in [6.07, 6.45) is 3.33. The van der Waals surface area contributed by atoms with Crippen LogP contribution in [0.3, 0.4) is 0 Å². The first kappa shape index (κ1) is 14.2. The third kappa shape index (κ3) is 3.04. The number of hydrogen-bond acceptors (Lipinski definition) is 3. The second-order valence-electron chi connectivity index (χ2n) is 5.73. The van der Waals surface area contributed by atoms with Gasteiger partial charge in [0.05, 0.1) is 29.5 Å². The van der Waals surface area contributed by atoms with Gasteiger partial charge in [-0.3, -0.25) is 14.5 Å². The van der Waals surface area contributed by atoms with Crippen molar-refractivity contribution in [2.45, 2.75) is 39.8 Å². The minimum absolute atomic E-state index is 0.122. The minimum Gasteiger partial charge on any atom is -0.346 e. The molecule has 2 heterocycles. The fraction of sp³-hybridized carbons (Fsp3) is 0.400. The summed E-state index contributed by atoms with van der Waals surface area (Å²) in [6, 6.07) is 5.63. The molecule has 5 nitrogen and oxygen atoms in total. The van der Waals surface area contributed by atoms with Gasteiger partial charge in [0.2, 0.25) is 0 Å². The quantitative estimate of drug-likeness (QED) is 0.932. The Morgan fingerprint density at radius 2 is 2.10 bits per heavy atom. The van der Waals surface area contributed by atoms with Crippen LogP contribution in [0.1, 0.15) is 42.5 Å². The van der Waals surface area contributed by atoms with Crippen LogP contribution in [0.15, 0.2) is 30.6 Å². The molecule has 5 heteroatoms. The Labute approximate surface area is 119 Å². The highest BCUT2D eigenvalue weighted by atomic mass is 16.1. The van der Waals surface area contributed by atoms with E-state index in [1.165, 1.54) is 0 Å². The van der Waals surface area contributed by atoms with Gasteiger partial charge in [0.25, 0.3) is 5.91 Å². The van der Waals surface area contributed by atoms with Crippen molar-refractivity contribution in [3.05, 3.63) is 47.5 Å². The Hall–Kier alpha value is -2.17. The maximum atomic E-state index is 12.2. The van der Waals surface area contributed by atoms with Gasteiger partial charge in [-0.1, -0.05) is 6.07 Å². The summed E-state index contributed by atoms with van der Waals surface area (Å²) < 4.78 is 1.86. The van der Waals surface area contributed by atoms with Crippen LogP contribution in [0.4, 0.5) is 0 Å². The molecule has 0 saturated carbocycles. The van der Waals surface area contributed by atoms with Crippen molar-refractivity contribution >= 4 is 5.91 Å². The number of aromatic nitrogens is 3. The molecule has 0 unspecified atom stereocenters. The number of amides is 1. The number of nitrogens with one attached hydrogen (secondary N) is 1. The molecular weight excluding hydrogens is 252 g/mol. The van der Waals surface area contributed by atoms with E-state index in [2.05, 4.69) is 36.2 Å². The van der Waals surface area contributed by atoms with E-state index in [1.54, 1.807) is 12.4 Å². The summed E-state index contributed by atoms with van der Waals surface area (Å²) in [5.41, 5.74) is 2.18. The van der Waals surface area contributed by atoms with Crippen molar-refractivity contribution in [2.75, 3.05) is 0 Å². The number of hydrogen-bond donors (Lipinski definition) is 1. The van der Waals surface area contributed by atoms with Crippen LogP contribution in [0.2, 0.25) is 0 Å². The third-order valence-corrected chi connectivity index (χ3v) is 3.05. The first-order valence-corrected chi connectivity index (χ1v) is 6.63. The van der Waals surface area contributed by atoms with E-state index in [-0.39, 0.29) is 11.4 Å². The monoisotopic (exact) mass is 272 g/mol. The van der Waals surface area contributed by atoms with E-state index >= 15 is 0 Å². The highest BCUT2D eigenvalue weighted by molar-refractivity contribution is 5.94. The summed E-state index contributed by atoms with van der Waals surface area (Å²) in [5, 5.41) is 7.17. The van der Waals surface area contributed by atoms with Crippen molar-refractivity contribution in [2.24, 2.45) is 0 Å². The van der Waals surface area contributed by atoms with E-state index in [1.807, 2.05) is 29.8 Å². The van der Waals surface area contributed by atoms with Gasteiger partial charge in [-0.05, 0) is 39.8 Å². The van der Waals surface area contributed by atoms with E-state index in [0.717, 1.165) is 11.4 Å². The summed E-state index contributed by atoms with van der Waals surface area (Å²) in [4.78, 5) is 16.4. The highest BCUT2D eigenvalue weighted by Gasteiger charge is 2.21. The second kappa shape index (κ2) is 5.45. The lowest BCUT2D eigenvalue weighted by Crippen LogP contribution is -2.26. The molecular formula is C15H20N4O. The largest absolute Gasteiger partial charge is 0.346 e. The summed E-state index contributed by atoms with van der Waals surface area (Å²) in [7, 11) is 0. The molecule has 0 aliphatic rings. The Bertz CT molecular complexity index is 596. The number of carbonyl (C=O) groups excluding carboxylic acids is 1. The molecule has 0 aromatic carbocycles. The Morgan fingerprint density at radius 3 is 2.65 bits per heavy atom. The maximum absolute atomic E-state index is 12.2. The maximum Gasteiger partial charge on any atom is 0.255 e. The summed E-state index contributed by atoms with van der Waals surface area (Å²) in [6.45, 7) is 8.50. The molecule has 1 N–H and O–H groups in total. The molecule has 0 aliphatic heterocycles. The molecule has 0 aliphatic carbocycles. The lowest BCUT2D eigenvalue weighted by molar-refractivity contribution is 0.0949. The number of nitrogens with zero attached hydrogens (tertiary/aromatic N) is 3. The predicted octanol–water partition coefficient (Wildman–Crippen LogP) is 2.27. The Kier molecular flexibility index (Phi) is 3.88. The van der Waals surface area contributed by atoms with Crippen LogP contribution in [-0.2, 0) is 12.1 Å². The van der Waals surface area contributed by atoms with Crippen molar-refractivity contribution in [3.63, 3.8) is 0 Å². The SMILES string of the molecule is Cc1c(C(=O)NCc2ccccn2)cnn1C(C)(C)C. The van der Waals surface area contributed by atoms with Gasteiger partial charge in [0.15, 0.2) is 0 Å². The number of carbonyl (C=O) groups is 1. The molecule has 106 valence electrons. The van der Waals surface area contributed by atoms with Gasteiger partial charge >= 0.3 is 0 Å². The summed E-state index contributed by atoms with van der Waals surface area (Å²) >= 11 is 0. The van der Waals surface area contributed by atoms with Gasteiger partial charge in [0.1, 0.15) is 0 Å². The lowest BCUT2D eigenvalue weighted by Gasteiger charge is -2.21. The Balaban J connectivity index is 2.09. The van der Waals surface area contributed by atoms with E-state index in [9.17, 15) is 4.79 Å². The molecule has 0 bridgehead atoms. The molecule has 0 fully saturated rings. The molecule has 1 amide bonds. The van der Waals surface area contributed by atoms with Crippen molar-refractivity contribution in [1.29, 1.82) is 0 Å². The average molecular weight is 272 g/mol. The second-order valence-corrected chi connectivity index (χ2v) is 5.73. The highest BCUT2D eigenvalue weighted by Crippen LogP contribution is 2.18. The predicted molar refractivity (Wildman–Crippen MR) is 77.4 cm³/mol. The van der Waals surface area contributed by atoms with Crippen LogP contribution in [0.25, 0.3) is 0 Å². The van der Waals surface area contributed by atoms with Gasteiger partial charge < -0.3 is 5.32 Å². The molecule has 0 atom stereocenters. The average Bonchev–Trinajstić information content (AvgIpc) is 2.79. The third-order valence-electron chi connectivity index (χ3n) is 3.05. The van der Waals surface area contributed by atoms with Gasteiger partial charge in [-0.2, -0.15) is 5.10 Å². The van der Waals surface area contributed by atoms with Gasteiger partial charge in [-0.25, -0.2) is 0 Å². The first-order chi connectivity index (χ1) is 9.39. The van der Waals surface area contributed by atoms with Crippen molar-refractivity contribution in [1.82, 2.24) is 20.1 Å². The molecule has 20 heavy (non-hydrogen) atoms. The molecule has 0 spiro atoms.